The van der Waals surface area contributed by atoms with Gasteiger partial charge in [0, 0.05) is 29.6 Å². The minimum Gasteiger partial charge on any atom is -0.494 e. The molecule has 0 saturated carbocycles. The molecule has 34 heavy (non-hydrogen) atoms. The van der Waals surface area contributed by atoms with E-state index in [4.69, 9.17) is 4.74 Å². The molecule has 3 amide bonds. The molecule has 2 aliphatic heterocycles. The lowest BCUT2D eigenvalue weighted by molar-refractivity contribution is -0.509. The maximum absolute atomic E-state index is 12.9. The highest BCUT2D eigenvalue weighted by Crippen LogP contribution is 2.31. The average molecular weight is 476 g/mol. The third-order valence-corrected chi connectivity index (χ3v) is 5.31. The number of hydrogen-bond acceptors (Lipinski definition) is 6. The van der Waals surface area contributed by atoms with Gasteiger partial charge in [0.05, 0.1) is 12.2 Å². The Morgan fingerprint density at radius 2 is 1.85 bits per heavy atom. The second-order valence-corrected chi connectivity index (χ2v) is 7.57. The number of amides is 3. The van der Waals surface area contributed by atoms with Gasteiger partial charge in [0.2, 0.25) is 0 Å². The number of nitrogens with one attached hydrogen (secondary N) is 1. The number of hydrogen-bond donors (Lipinski definition) is 1. The second-order valence-electron chi connectivity index (χ2n) is 7.57. The Hall–Kier alpha value is -3.96. The maximum atomic E-state index is 12.9. The SMILES string of the molecule is CCOc1ccc(N2CCN3C(=O)C(=O)[N+](CC(=O)Nc4cccc(C(F)(F)F)c4)=NC32)cc1. The molecule has 0 radical (unpaired) electrons. The van der Waals surface area contributed by atoms with Gasteiger partial charge in [-0.15, -0.1) is 0 Å². The van der Waals surface area contributed by atoms with Crippen molar-refractivity contribution in [3.8, 4) is 5.75 Å². The number of halogens is 3. The minimum absolute atomic E-state index is 0.0888. The van der Waals surface area contributed by atoms with E-state index in [0.29, 0.717) is 18.9 Å². The van der Waals surface area contributed by atoms with Gasteiger partial charge in [-0.2, -0.15) is 13.2 Å². The van der Waals surface area contributed by atoms with E-state index in [1.165, 1.54) is 11.0 Å². The van der Waals surface area contributed by atoms with Crippen LogP contribution in [0.4, 0.5) is 24.5 Å². The van der Waals surface area contributed by atoms with Crippen LogP contribution in [0.15, 0.2) is 53.6 Å². The minimum atomic E-state index is -4.57. The van der Waals surface area contributed by atoms with Crippen molar-refractivity contribution in [1.82, 2.24) is 4.90 Å². The Bertz CT molecular complexity index is 1150. The normalized spacial score (nSPS) is 18.0. The van der Waals surface area contributed by atoms with E-state index in [1.54, 1.807) is 29.2 Å². The molecule has 0 bridgehead atoms. The fourth-order valence-corrected chi connectivity index (χ4v) is 3.74. The first-order valence-corrected chi connectivity index (χ1v) is 10.5. The number of azo groups is 2. The zero-order valence-corrected chi connectivity index (χ0v) is 18.1. The highest BCUT2D eigenvalue weighted by atomic mass is 19.4. The number of rotatable bonds is 6. The molecule has 2 aromatic carbocycles. The molecule has 0 aliphatic carbocycles. The summed E-state index contributed by atoms with van der Waals surface area (Å²) < 4.78 is 44.9. The molecular formula is C22H21F3N5O4+. The molecule has 2 heterocycles. The first kappa shape index (κ1) is 23.2. The van der Waals surface area contributed by atoms with Crippen molar-refractivity contribution in [2.45, 2.75) is 19.4 Å². The Morgan fingerprint density at radius 1 is 1.15 bits per heavy atom. The van der Waals surface area contributed by atoms with Crippen LogP contribution in [-0.4, -0.2) is 59.8 Å². The number of ether oxygens (including phenoxy) is 1. The number of benzene rings is 2. The van der Waals surface area contributed by atoms with Crippen LogP contribution in [0.1, 0.15) is 12.5 Å². The van der Waals surface area contributed by atoms with Crippen molar-refractivity contribution in [3.05, 3.63) is 54.1 Å². The molecule has 9 nitrogen and oxygen atoms in total. The van der Waals surface area contributed by atoms with E-state index in [-0.39, 0.29) is 12.2 Å². The molecule has 2 aliphatic rings. The van der Waals surface area contributed by atoms with Gasteiger partial charge in [0.1, 0.15) is 5.75 Å². The molecule has 0 spiro atoms. The largest absolute Gasteiger partial charge is 0.502 e. The van der Waals surface area contributed by atoms with Crippen LogP contribution in [0, 0.1) is 0 Å². The van der Waals surface area contributed by atoms with Crippen molar-refractivity contribution in [2.24, 2.45) is 5.11 Å². The number of fused-ring (bicyclic) bond motifs is 1. The van der Waals surface area contributed by atoms with Gasteiger partial charge in [-0.1, -0.05) is 6.07 Å². The van der Waals surface area contributed by atoms with E-state index in [0.717, 1.165) is 28.6 Å². The van der Waals surface area contributed by atoms with Crippen LogP contribution in [0.5, 0.6) is 5.75 Å². The van der Waals surface area contributed by atoms with Gasteiger partial charge in [0.25, 0.3) is 18.7 Å². The van der Waals surface area contributed by atoms with Crippen molar-refractivity contribution in [3.63, 3.8) is 0 Å². The first-order chi connectivity index (χ1) is 16.2. The average Bonchev–Trinajstić information content (AvgIpc) is 3.21. The summed E-state index contributed by atoms with van der Waals surface area (Å²) in [5.41, 5.74) is -0.267. The number of carbonyl (C=O) groups is 3. The summed E-state index contributed by atoms with van der Waals surface area (Å²) in [5, 5.41) is 6.59. The van der Waals surface area contributed by atoms with E-state index in [1.807, 2.05) is 6.92 Å². The standard InChI is InChI=1S/C22H20F3N5O4/c1-2-34-17-8-6-16(7-9-17)28-10-11-29-19(32)20(33)30(27-21(28)29)13-18(31)26-15-5-3-4-14(12-15)22(23,24)25/h3-9,12,21H,2,10-11,13H2,1H3/p+1. The summed E-state index contributed by atoms with van der Waals surface area (Å²) in [6.45, 7) is 2.46. The summed E-state index contributed by atoms with van der Waals surface area (Å²) in [4.78, 5) is 40.6. The van der Waals surface area contributed by atoms with E-state index in [9.17, 15) is 27.6 Å². The molecule has 0 aromatic heterocycles. The summed E-state index contributed by atoms with van der Waals surface area (Å²) in [7, 11) is 0. The van der Waals surface area contributed by atoms with Gasteiger partial charge in [0.15, 0.2) is 0 Å². The fraction of sp³-hybridized carbons (Fsp3) is 0.318. The molecule has 1 atom stereocenters. The van der Waals surface area contributed by atoms with Crippen LogP contribution in [-0.2, 0) is 20.6 Å². The molecular weight excluding hydrogens is 455 g/mol. The zero-order valence-electron chi connectivity index (χ0n) is 18.1. The predicted octanol–water partition coefficient (Wildman–Crippen LogP) is 2.68. The van der Waals surface area contributed by atoms with Gasteiger partial charge < -0.3 is 15.0 Å². The Labute approximate surface area is 192 Å². The Morgan fingerprint density at radius 3 is 2.53 bits per heavy atom. The van der Waals surface area contributed by atoms with Gasteiger partial charge in [-0.05, 0) is 54.1 Å². The highest BCUT2D eigenvalue weighted by Gasteiger charge is 2.49. The van der Waals surface area contributed by atoms with Crippen molar-refractivity contribution >= 4 is 29.1 Å². The first-order valence-electron chi connectivity index (χ1n) is 10.5. The smallest absolute Gasteiger partial charge is 0.494 e. The van der Waals surface area contributed by atoms with Crippen LogP contribution >= 0.6 is 0 Å². The van der Waals surface area contributed by atoms with Crippen LogP contribution in [0.25, 0.3) is 0 Å². The maximum Gasteiger partial charge on any atom is 0.502 e. The quantitative estimate of drug-likeness (QED) is 0.511. The van der Waals surface area contributed by atoms with Crippen molar-refractivity contribution in [2.75, 3.05) is 36.5 Å². The van der Waals surface area contributed by atoms with Gasteiger partial charge >= 0.3 is 18.0 Å². The van der Waals surface area contributed by atoms with E-state index in [2.05, 4.69) is 10.4 Å². The molecule has 1 N–H and O–H groups in total. The van der Waals surface area contributed by atoms with Crippen molar-refractivity contribution in [1.29, 1.82) is 0 Å². The molecule has 12 heteroatoms. The van der Waals surface area contributed by atoms with Gasteiger partial charge in [-0.25, -0.2) is 4.79 Å². The Kier molecular flexibility index (Phi) is 6.22. The number of nitrogens with zero attached hydrogens (tertiary/aromatic N) is 4. The second kappa shape index (κ2) is 9.12. The lowest BCUT2D eigenvalue weighted by atomic mass is 10.2. The molecule has 1 saturated heterocycles. The van der Waals surface area contributed by atoms with Crippen molar-refractivity contribution < 1.29 is 37.0 Å². The third kappa shape index (κ3) is 4.70. The number of alkyl halides is 3. The molecule has 4 rings (SSSR count). The van der Waals surface area contributed by atoms with Crippen LogP contribution in [0.3, 0.4) is 0 Å². The summed E-state index contributed by atoms with van der Waals surface area (Å²) >= 11 is 0. The zero-order chi connectivity index (χ0) is 24.5. The molecule has 1 fully saturated rings. The topological polar surface area (TPSA) is 94.3 Å². The fourth-order valence-electron chi connectivity index (χ4n) is 3.74. The number of anilines is 2. The van der Waals surface area contributed by atoms with Crippen LogP contribution in [0.2, 0.25) is 0 Å². The summed E-state index contributed by atoms with van der Waals surface area (Å²) in [5.74, 6) is -1.89. The molecule has 1 unspecified atom stereocenters. The predicted molar refractivity (Wildman–Crippen MR) is 113 cm³/mol. The summed E-state index contributed by atoms with van der Waals surface area (Å²) in [6.07, 6.45) is -5.40. The van der Waals surface area contributed by atoms with E-state index >= 15 is 0 Å². The molecule has 2 aromatic rings. The Balaban J connectivity index is 1.51. The number of carbonyl (C=O) groups excluding carboxylic acids is 3. The summed E-state index contributed by atoms with van der Waals surface area (Å²) in [6, 6.07) is 11.3. The monoisotopic (exact) mass is 476 g/mol. The third-order valence-electron chi connectivity index (χ3n) is 5.31. The lowest BCUT2D eigenvalue weighted by Gasteiger charge is -2.27. The van der Waals surface area contributed by atoms with E-state index < -0.39 is 42.3 Å². The highest BCUT2D eigenvalue weighted by molar-refractivity contribution is 6.32. The van der Waals surface area contributed by atoms with Crippen LogP contribution < -0.4 is 15.0 Å². The lowest BCUT2D eigenvalue weighted by Crippen LogP contribution is -2.52. The van der Waals surface area contributed by atoms with Gasteiger partial charge in [-0.3, -0.25) is 14.5 Å². The molecule has 178 valence electrons.